The van der Waals surface area contributed by atoms with Crippen LogP contribution >= 0.6 is 0 Å². The highest BCUT2D eigenvalue weighted by molar-refractivity contribution is 5.27. The minimum atomic E-state index is -0.0758. The van der Waals surface area contributed by atoms with Crippen LogP contribution in [0.2, 0.25) is 0 Å². The monoisotopic (exact) mass is 261 g/mol. The first-order valence-electron chi connectivity index (χ1n) is 6.99. The van der Waals surface area contributed by atoms with E-state index in [0.29, 0.717) is 12.5 Å². The standard InChI is InChI=1S/C16H23NO2/c1-2-9-19-16-7-4-13(5-8-16)11-17-12-14-3-6-15(18)10-14/h2,4-5,7-8,14-15,17-18H,1,3,6,9-12H2. The van der Waals surface area contributed by atoms with Gasteiger partial charge in [0.05, 0.1) is 6.10 Å². The Hall–Kier alpha value is -1.32. The van der Waals surface area contributed by atoms with Crippen molar-refractivity contribution in [3.05, 3.63) is 42.5 Å². The predicted molar refractivity (Wildman–Crippen MR) is 77.2 cm³/mol. The van der Waals surface area contributed by atoms with Crippen LogP contribution in [0.1, 0.15) is 24.8 Å². The third-order valence-electron chi connectivity index (χ3n) is 3.57. The van der Waals surface area contributed by atoms with E-state index < -0.39 is 0 Å². The van der Waals surface area contributed by atoms with E-state index in [9.17, 15) is 5.11 Å². The molecule has 19 heavy (non-hydrogen) atoms. The summed E-state index contributed by atoms with van der Waals surface area (Å²) in [5.41, 5.74) is 1.25. The van der Waals surface area contributed by atoms with Crippen LogP contribution in [0.5, 0.6) is 5.75 Å². The van der Waals surface area contributed by atoms with Crippen molar-refractivity contribution in [2.24, 2.45) is 5.92 Å². The van der Waals surface area contributed by atoms with Crippen molar-refractivity contribution in [1.29, 1.82) is 0 Å². The topological polar surface area (TPSA) is 41.5 Å². The molecule has 104 valence electrons. The summed E-state index contributed by atoms with van der Waals surface area (Å²) in [5.74, 6) is 1.51. The van der Waals surface area contributed by atoms with E-state index in [1.165, 1.54) is 5.56 Å². The molecule has 2 rings (SSSR count). The van der Waals surface area contributed by atoms with Gasteiger partial charge in [0.2, 0.25) is 0 Å². The molecule has 1 fully saturated rings. The average molecular weight is 261 g/mol. The van der Waals surface area contributed by atoms with Crippen LogP contribution in [0.15, 0.2) is 36.9 Å². The highest BCUT2D eigenvalue weighted by atomic mass is 16.5. The first-order chi connectivity index (χ1) is 9.28. The first-order valence-corrected chi connectivity index (χ1v) is 6.99. The van der Waals surface area contributed by atoms with E-state index in [4.69, 9.17) is 4.74 Å². The summed E-state index contributed by atoms with van der Waals surface area (Å²) in [7, 11) is 0. The number of aliphatic hydroxyl groups is 1. The van der Waals surface area contributed by atoms with Gasteiger partial charge in [0, 0.05) is 6.54 Å². The third kappa shape index (κ3) is 4.69. The number of ether oxygens (including phenoxy) is 1. The molecule has 0 radical (unpaired) electrons. The molecule has 1 aromatic carbocycles. The molecule has 0 bridgehead atoms. The van der Waals surface area contributed by atoms with Gasteiger partial charge in [-0.1, -0.05) is 24.8 Å². The van der Waals surface area contributed by atoms with Crippen molar-refractivity contribution in [1.82, 2.24) is 5.32 Å². The molecule has 1 saturated carbocycles. The van der Waals surface area contributed by atoms with Gasteiger partial charge in [-0.2, -0.15) is 0 Å². The molecule has 2 unspecified atom stereocenters. The van der Waals surface area contributed by atoms with Crippen LogP contribution < -0.4 is 10.1 Å². The Bertz CT molecular complexity index is 388. The minimum Gasteiger partial charge on any atom is -0.490 e. The molecule has 0 aliphatic heterocycles. The lowest BCUT2D eigenvalue weighted by atomic mass is 10.1. The van der Waals surface area contributed by atoms with Crippen LogP contribution in [0.25, 0.3) is 0 Å². The number of rotatable bonds is 7. The Balaban J connectivity index is 1.69. The molecule has 1 aromatic rings. The van der Waals surface area contributed by atoms with E-state index >= 15 is 0 Å². The van der Waals surface area contributed by atoms with E-state index in [-0.39, 0.29) is 6.10 Å². The largest absolute Gasteiger partial charge is 0.490 e. The lowest BCUT2D eigenvalue weighted by Crippen LogP contribution is -2.21. The molecule has 0 aromatic heterocycles. The maximum Gasteiger partial charge on any atom is 0.119 e. The molecule has 2 atom stereocenters. The fraction of sp³-hybridized carbons (Fsp3) is 0.500. The van der Waals surface area contributed by atoms with Gasteiger partial charge in [0.1, 0.15) is 12.4 Å². The molecule has 0 heterocycles. The summed E-state index contributed by atoms with van der Waals surface area (Å²) in [4.78, 5) is 0. The number of nitrogens with one attached hydrogen (secondary N) is 1. The van der Waals surface area contributed by atoms with Crippen LogP contribution in [-0.4, -0.2) is 24.4 Å². The van der Waals surface area contributed by atoms with E-state index in [1.807, 2.05) is 12.1 Å². The second kappa shape index (κ2) is 7.31. The highest BCUT2D eigenvalue weighted by Crippen LogP contribution is 2.24. The summed E-state index contributed by atoms with van der Waals surface area (Å²) >= 11 is 0. The fourth-order valence-corrected chi connectivity index (χ4v) is 2.51. The van der Waals surface area contributed by atoms with Crippen molar-refractivity contribution in [2.45, 2.75) is 31.9 Å². The van der Waals surface area contributed by atoms with E-state index in [2.05, 4.69) is 24.0 Å². The predicted octanol–water partition coefficient (Wildman–Crippen LogP) is 2.50. The van der Waals surface area contributed by atoms with Crippen LogP contribution in [0.3, 0.4) is 0 Å². The normalized spacial score (nSPS) is 22.4. The van der Waals surface area contributed by atoms with E-state index in [1.54, 1.807) is 6.08 Å². The maximum atomic E-state index is 9.47. The summed E-state index contributed by atoms with van der Waals surface area (Å²) in [6.07, 6.45) is 4.71. The van der Waals surface area contributed by atoms with Gasteiger partial charge in [-0.3, -0.25) is 0 Å². The fourth-order valence-electron chi connectivity index (χ4n) is 2.51. The Morgan fingerprint density at radius 2 is 2.11 bits per heavy atom. The summed E-state index contributed by atoms with van der Waals surface area (Å²) in [6, 6.07) is 8.13. The van der Waals surface area contributed by atoms with Gasteiger partial charge in [-0.25, -0.2) is 0 Å². The first kappa shape index (κ1) is 14.1. The Morgan fingerprint density at radius 3 is 2.74 bits per heavy atom. The molecular formula is C16H23NO2. The Kier molecular flexibility index (Phi) is 5.43. The summed E-state index contributed by atoms with van der Waals surface area (Å²) in [6.45, 7) is 6.03. The molecule has 3 nitrogen and oxygen atoms in total. The summed E-state index contributed by atoms with van der Waals surface area (Å²) in [5, 5.41) is 12.9. The smallest absolute Gasteiger partial charge is 0.119 e. The van der Waals surface area contributed by atoms with Crippen molar-refractivity contribution in [3.8, 4) is 5.75 Å². The number of hydrogen-bond donors (Lipinski definition) is 2. The SMILES string of the molecule is C=CCOc1ccc(CNCC2CCC(O)C2)cc1. The number of benzene rings is 1. The van der Waals surface area contributed by atoms with Crippen molar-refractivity contribution < 1.29 is 9.84 Å². The number of aliphatic hydroxyl groups excluding tert-OH is 1. The molecule has 2 N–H and O–H groups in total. The molecule has 3 heteroatoms. The van der Waals surface area contributed by atoms with Gasteiger partial charge < -0.3 is 15.2 Å². The van der Waals surface area contributed by atoms with Gasteiger partial charge in [0.15, 0.2) is 0 Å². The van der Waals surface area contributed by atoms with Crippen molar-refractivity contribution >= 4 is 0 Å². The van der Waals surface area contributed by atoms with Crippen LogP contribution in [0, 0.1) is 5.92 Å². The average Bonchev–Trinajstić information content (AvgIpc) is 2.84. The second-order valence-electron chi connectivity index (χ2n) is 5.21. The van der Waals surface area contributed by atoms with Crippen molar-refractivity contribution in [2.75, 3.05) is 13.2 Å². The lowest BCUT2D eigenvalue weighted by molar-refractivity contribution is 0.177. The highest BCUT2D eigenvalue weighted by Gasteiger charge is 2.21. The molecule has 0 amide bonds. The summed E-state index contributed by atoms with van der Waals surface area (Å²) < 4.78 is 5.44. The van der Waals surface area contributed by atoms with Gasteiger partial charge in [-0.15, -0.1) is 0 Å². The quantitative estimate of drug-likeness (QED) is 0.741. The molecule has 0 spiro atoms. The van der Waals surface area contributed by atoms with Gasteiger partial charge in [0.25, 0.3) is 0 Å². The zero-order chi connectivity index (χ0) is 13.5. The number of hydrogen-bond acceptors (Lipinski definition) is 3. The van der Waals surface area contributed by atoms with E-state index in [0.717, 1.165) is 38.1 Å². The molecule has 1 aliphatic carbocycles. The molecule has 1 aliphatic rings. The van der Waals surface area contributed by atoms with Crippen LogP contribution in [0.4, 0.5) is 0 Å². The van der Waals surface area contributed by atoms with Gasteiger partial charge >= 0.3 is 0 Å². The Morgan fingerprint density at radius 1 is 1.32 bits per heavy atom. The zero-order valence-corrected chi connectivity index (χ0v) is 11.3. The van der Waals surface area contributed by atoms with Gasteiger partial charge in [-0.05, 0) is 49.4 Å². The zero-order valence-electron chi connectivity index (χ0n) is 11.3. The third-order valence-corrected chi connectivity index (χ3v) is 3.57. The second-order valence-corrected chi connectivity index (χ2v) is 5.21. The molecular weight excluding hydrogens is 238 g/mol. The van der Waals surface area contributed by atoms with Crippen molar-refractivity contribution in [3.63, 3.8) is 0 Å². The maximum absolute atomic E-state index is 9.47. The van der Waals surface area contributed by atoms with Crippen LogP contribution in [-0.2, 0) is 6.54 Å². The Labute approximate surface area is 115 Å². The molecule has 0 saturated heterocycles. The lowest BCUT2D eigenvalue weighted by Gasteiger charge is -2.11. The minimum absolute atomic E-state index is 0.0758.